The molecule has 0 saturated heterocycles. The molecule has 0 amide bonds. The standard InChI is InChI=1S/C21H24ClNO/c22-18-3-1-17(2-4-18)20-6-5-19(24-20)13-23-21-10-14-7-15(11-21)9-16(8-14)12-21/h1-6,14-16,23H,7-13H2/p+1. The Balaban J connectivity index is 1.28. The van der Waals surface area contributed by atoms with E-state index >= 15 is 0 Å². The first kappa shape index (κ1) is 15.0. The zero-order valence-electron chi connectivity index (χ0n) is 14.0. The van der Waals surface area contributed by atoms with Gasteiger partial charge in [-0.2, -0.15) is 0 Å². The number of benzene rings is 1. The number of rotatable bonds is 4. The van der Waals surface area contributed by atoms with Gasteiger partial charge in [0.1, 0.15) is 12.3 Å². The maximum Gasteiger partial charge on any atom is 0.158 e. The van der Waals surface area contributed by atoms with Gasteiger partial charge in [-0.3, -0.25) is 0 Å². The van der Waals surface area contributed by atoms with Crippen molar-refractivity contribution in [3.63, 3.8) is 0 Å². The smallest absolute Gasteiger partial charge is 0.158 e. The van der Waals surface area contributed by atoms with E-state index in [-0.39, 0.29) is 0 Å². The van der Waals surface area contributed by atoms with E-state index in [2.05, 4.69) is 17.4 Å². The summed E-state index contributed by atoms with van der Waals surface area (Å²) in [7, 11) is 0. The van der Waals surface area contributed by atoms with Gasteiger partial charge >= 0.3 is 0 Å². The monoisotopic (exact) mass is 342 g/mol. The minimum atomic E-state index is 0.516. The number of halogens is 1. The van der Waals surface area contributed by atoms with Crippen LogP contribution in [-0.4, -0.2) is 5.54 Å². The highest BCUT2D eigenvalue weighted by atomic mass is 35.5. The molecule has 3 heteroatoms. The number of nitrogens with two attached hydrogens (primary N) is 1. The summed E-state index contributed by atoms with van der Waals surface area (Å²) >= 11 is 5.97. The largest absolute Gasteiger partial charge is 0.455 e. The first-order valence-electron chi connectivity index (χ1n) is 9.36. The van der Waals surface area contributed by atoms with Gasteiger partial charge in [0.25, 0.3) is 0 Å². The summed E-state index contributed by atoms with van der Waals surface area (Å²) in [5.74, 6) is 5.06. The van der Waals surface area contributed by atoms with E-state index < -0.39 is 0 Å². The SMILES string of the molecule is Clc1ccc(-c2ccc(C[NH2+]C34CC5CC(CC(C5)C3)C4)o2)cc1. The molecule has 1 heterocycles. The fraction of sp³-hybridized carbons (Fsp3) is 0.524. The topological polar surface area (TPSA) is 29.8 Å². The molecule has 4 aliphatic rings. The molecule has 4 fully saturated rings. The highest BCUT2D eigenvalue weighted by Gasteiger charge is 2.53. The van der Waals surface area contributed by atoms with E-state index in [4.69, 9.17) is 16.0 Å². The van der Waals surface area contributed by atoms with Gasteiger partial charge in [-0.05, 0) is 73.4 Å². The highest BCUT2D eigenvalue weighted by molar-refractivity contribution is 6.30. The first-order valence-corrected chi connectivity index (χ1v) is 9.74. The Morgan fingerprint density at radius 1 is 0.917 bits per heavy atom. The van der Waals surface area contributed by atoms with E-state index in [1.54, 1.807) is 0 Å². The van der Waals surface area contributed by atoms with Gasteiger partial charge in [-0.1, -0.05) is 11.6 Å². The molecule has 0 atom stereocenters. The molecule has 2 N–H and O–H groups in total. The first-order chi connectivity index (χ1) is 11.7. The average molecular weight is 343 g/mol. The van der Waals surface area contributed by atoms with Crippen molar-refractivity contribution < 1.29 is 9.73 Å². The number of hydrogen-bond acceptors (Lipinski definition) is 1. The van der Waals surface area contributed by atoms with Crippen LogP contribution in [0.2, 0.25) is 5.02 Å². The molecule has 24 heavy (non-hydrogen) atoms. The van der Waals surface area contributed by atoms with Crippen molar-refractivity contribution in [1.82, 2.24) is 0 Å². The van der Waals surface area contributed by atoms with Crippen LogP contribution in [0.4, 0.5) is 0 Å². The molecular formula is C21H25ClNO+. The lowest BCUT2D eigenvalue weighted by atomic mass is 9.53. The minimum Gasteiger partial charge on any atom is -0.455 e. The van der Waals surface area contributed by atoms with Crippen molar-refractivity contribution in [2.24, 2.45) is 17.8 Å². The van der Waals surface area contributed by atoms with Gasteiger partial charge in [0, 0.05) is 29.8 Å². The van der Waals surface area contributed by atoms with Crippen LogP contribution < -0.4 is 5.32 Å². The molecule has 0 aliphatic heterocycles. The Bertz CT molecular complexity index is 697. The molecule has 1 aromatic carbocycles. The third-order valence-electron chi connectivity index (χ3n) is 6.61. The Morgan fingerprint density at radius 2 is 1.54 bits per heavy atom. The van der Waals surface area contributed by atoms with E-state index in [1.807, 2.05) is 24.3 Å². The molecule has 0 unspecified atom stereocenters. The fourth-order valence-electron chi connectivity index (χ4n) is 6.00. The van der Waals surface area contributed by atoms with Crippen molar-refractivity contribution in [3.05, 3.63) is 47.2 Å². The fourth-order valence-corrected chi connectivity index (χ4v) is 6.13. The normalized spacial score (nSPS) is 34.0. The number of furan rings is 1. The quantitative estimate of drug-likeness (QED) is 0.862. The van der Waals surface area contributed by atoms with Crippen LogP contribution in [-0.2, 0) is 6.54 Å². The Kier molecular flexibility index (Phi) is 3.53. The maximum absolute atomic E-state index is 6.10. The van der Waals surface area contributed by atoms with Crippen LogP contribution in [0.3, 0.4) is 0 Å². The molecule has 126 valence electrons. The van der Waals surface area contributed by atoms with Crippen LogP contribution in [0.5, 0.6) is 0 Å². The van der Waals surface area contributed by atoms with Gasteiger partial charge in [-0.15, -0.1) is 0 Å². The molecule has 1 aromatic heterocycles. The maximum atomic E-state index is 6.10. The van der Waals surface area contributed by atoms with Crippen molar-refractivity contribution >= 4 is 11.6 Å². The lowest BCUT2D eigenvalue weighted by Crippen LogP contribution is -2.97. The predicted molar refractivity (Wildman–Crippen MR) is 95.7 cm³/mol. The van der Waals surface area contributed by atoms with Crippen LogP contribution in [0, 0.1) is 17.8 Å². The lowest BCUT2D eigenvalue weighted by molar-refractivity contribution is -0.754. The Labute approximate surface area is 148 Å². The van der Waals surface area contributed by atoms with Crippen LogP contribution in [0.25, 0.3) is 11.3 Å². The van der Waals surface area contributed by atoms with Gasteiger partial charge in [-0.25, -0.2) is 0 Å². The molecule has 2 aromatic rings. The van der Waals surface area contributed by atoms with Crippen LogP contribution >= 0.6 is 11.6 Å². The molecular weight excluding hydrogens is 318 g/mol. The Morgan fingerprint density at radius 3 is 2.17 bits per heavy atom. The van der Waals surface area contributed by atoms with E-state index in [9.17, 15) is 0 Å². The van der Waals surface area contributed by atoms with Gasteiger partial charge < -0.3 is 9.73 Å². The molecule has 6 rings (SSSR count). The summed E-state index contributed by atoms with van der Waals surface area (Å²) in [5.41, 5.74) is 1.61. The van der Waals surface area contributed by atoms with Gasteiger partial charge in [0.2, 0.25) is 0 Å². The second kappa shape index (κ2) is 5.64. The van der Waals surface area contributed by atoms with Crippen LogP contribution in [0.1, 0.15) is 44.3 Å². The van der Waals surface area contributed by atoms with Crippen molar-refractivity contribution in [2.75, 3.05) is 0 Å². The highest BCUT2D eigenvalue weighted by Crippen LogP contribution is 2.54. The third kappa shape index (κ3) is 2.70. The third-order valence-corrected chi connectivity index (χ3v) is 6.86. The van der Waals surface area contributed by atoms with E-state index in [0.717, 1.165) is 46.4 Å². The summed E-state index contributed by atoms with van der Waals surface area (Å²) < 4.78 is 6.10. The summed E-state index contributed by atoms with van der Waals surface area (Å²) in [4.78, 5) is 0. The second-order valence-electron chi connectivity index (χ2n) is 8.46. The van der Waals surface area contributed by atoms with Gasteiger partial charge in [0.05, 0.1) is 5.54 Å². The van der Waals surface area contributed by atoms with Crippen LogP contribution in [0.15, 0.2) is 40.8 Å². The van der Waals surface area contributed by atoms with Crippen molar-refractivity contribution in [2.45, 2.75) is 50.6 Å². The Hall–Kier alpha value is -1.25. The number of hydrogen-bond donors (Lipinski definition) is 1. The predicted octanol–water partition coefficient (Wildman–Crippen LogP) is 4.63. The number of quaternary nitrogens is 1. The molecule has 0 spiro atoms. The van der Waals surface area contributed by atoms with E-state index in [1.165, 1.54) is 38.5 Å². The summed E-state index contributed by atoms with van der Waals surface area (Å²) in [6.07, 6.45) is 8.83. The van der Waals surface area contributed by atoms with Crippen molar-refractivity contribution in [1.29, 1.82) is 0 Å². The zero-order chi connectivity index (χ0) is 16.1. The summed E-state index contributed by atoms with van der Waals surface area (Å²) in [5, 5.41) is 3.38. The lowest BCUT2D eigenvalue weighted by Gasteiger charge is -2.54. The van der Waals surface area contributed by atoms with Gasteiger partial charge in [0.15, 0.2) is 5.76 Å². The average Bonchev–Trinajstić information content (AvgIpc) is 3.01. The summed E-state index contributed by atoms with van der Waals surface area (Å²) in [6.45, 7) is 0.972. The molecule has 4 bridgehead atoms. The minimum absolute atomic E-state index is 0.516. The van der Waals surface area contributed by atoms with E-state index in [0.29, 0.717) is 5.54 Å². The van der Waals surface area contributed by atoms with Crippen molar-refractivity contribution in [3.8, 4) is 11.3 Å². The molecule has 2 nitrogen and oxygen atoms in total. The molecule has 4 aliphatic carbocycles. The zero-order valence-corrected chi connectivity index (χ0v) is 14.8. The summed E-state index contributed by atoms with van der Waals surface area (Å²) in [6, 6.07) is 12.1. The molecule has 0 radical (unpaired) electrons. The molecule has 4 saturated carbocycles. The second-order valence-corrected chi connectivity index (χ2v) is 8.90.